The third kappa shape index (κ3) is 6.22. The van der Waals surface area contributed by atoms with Crippen molar-refractivity contribution in [2.45, 2.75) is 24.7 Å². The Kier molecular flexibility index (Phi) is 9.50. The molecule has 0 aromatic heterocycles. The molecule has 0 bridgehead atoms. The van der Waals surface area contributed by atoms with Crippen molar-refractivity contribution in [3.8, 4) is 55.6 Å². The highest BCUT2D eigenvalue weighted by atomic mass is 15.1. The first-order valence-corrected chi connectivity index (χ1v) is 25.2. The summed E-state index contributed by atoms with van der Waals surface area (Å²) in [7, 11) is 0. The van der Waals surface area contributed by atoms with E-state index in [0.29, 0.717) is 0 Å². The Morgan fingerprint density at radius 3 is 1.15 bits per heavy atom. The van der Waals surface area contributed by atoms with Gasteiger partial charge in [-0.15, -0.1) is 0 Å². The van der Waals surface area contributed by atoms with Gasteiger partial charge < -0.3 is 9.80 Å². The molecule has 340 valence electrons. The van der Waals surface area contributed by atoms with Gasteiger partial charge >= 0.3 is 0 Å². The molecule has 1 spiro atoms. The van der Waals surface area contributed by atoms with Crippen LogP contribution in [0.25, 0.3) is 55.6 Å². The number of fused-ring (bicyclic) bond motifs is 13. The lowest BCUT2D eigenvalue weighted by molar-refractivity contribution is 0.660. The predicted octanol–water partition coefficient (Wildman–Crippen LogP) is 18.6. The van der Waals surface area contributed by atoms with Crippen molar-refractivity contribution in [1.29, 1.82) is 0 Å². The van der Waals surface area contributed by atoms with Crippen molar-refractivity contribution in [1.82, 2.24) is 0 Å². The minimum atomic E-state index is -0.602. The monoisotopic (exact) mass is 918 g/mol. The van der Waals surface area contributed by atoms with Crippen LogP contribution in [-0.4, -0.2) is 0 Å². The number of hydrogen-bond donors (Lipinski definition) is 0. The van der Waals surface area contributed by atoms with Gasteiger partial charge in [-0.05, 0) is 156 Å². The highest BCUT2D eigenvalue weighted by Crippen LogP contribution is 2.64. The maximum atomic E-state index is 2.54. The summed E-state index contributed by atoms with van der Waals surface area (Å²) < 4.78 is 0. The first-order chi connectivity index (χ1) is 35.5. The van der Waals surface area contributed by atoms with Gasteiger partial charge in [-0.1, -0.05) is 208 Å². The number of para-hydroxylation sites is 2. The number of rotatable bonds is 8. The van der Waals surface area contributed by atoms with Crippen molar-refractivity contribution in [3.63, 3.8) is 0 Å². The molecule has 11 aromatic rings. The van der Waals surface area contributed by atoms with Crippen molar-refractivity contribution < 1.29 is 0 Å². The predicted molar refractivity (Wildman–Crippen MR) is 301 cm³/mol. The van der Waals surface area contributed by atoms with Crippen molar-refractivity contribution in [3.05, 3.63) is 300 Å². The minimum Gasteiger partial charge on any atom is -0.310 e. The summed E-state index contributed by atoms with van der Waals surface area (Å²) in [6.45, 7) is 4.76. The molecule has 0 saturated heterocycles. The molecule has 11 aromatic carbocycles. The summed E-state index contributed by atoms with van der Waals surface area (Å²) >= 11 is 0. The quantitative estimate of drug-likeness (QED) is 0.150. The standard InChI is InChI=1S/C70H50N2/c1-69(2)62-32-18-15-29-55(62)58-39-37-53(44-65(58)69)72(68-42-35-49(47-21-7-3-8-22-47)43-61(68)48-23-9-4-10-24-48)54-38-41-60-57-31-17-20-34-64(57)70(67(60)46-54)63-33-19-16-30-56(63)59-40-36-52(45-66(59)70)71(50-25-11-5-12-26-50)51-27-13-6-14-28-51/h3-46H,1-2H3. The van der Waals surface area contributed by atoms with Crippen molar-refractivity contribution in [2.24, 2.45) is 0 Å². The van der Waals surface area contributed by atoms with E-state index in [1.165, 1.54) is 89.0 Å². The first-order valence-electron chi connectivity index (χ1n) is 25.2. The summed E-state index contributed by atoms with van der Waals surface area (Å²) in [6, 6.07) is 99.2. The largest absolute Gasteiger partial charge is 0.310 e. The van der Waals surface area contributed by atoms with Crippen LogP contribution in [0.15, 0.2) is 267 Å². The van der Waals surface area contributed by atoms with Crippen LogP contribution in [0.5, 0.6) is 0 Å². The summed E-state index contributed by atoms with van der Waals surface area (Å²) in [5, 5.41) is 0. The second-order valence-corrected chi connectivity index (χ2v) is 20.0. The maximum absolute atomic E-state index is 2.54. The second kappa shape index (κ2) is 16.3. The third-order valence-electron chi connectivity index (χ3n) is 15.9. The Bertz CT molecular complexity index is 3840. The van der Waals surface area contributed by atoms with Crippen molar-refractivity contribution in [2.75, 3.05) is 9.80 Å². The van der Waals surface area contributed by atoms with E-state index in [1.54, 1.807) is 0 Å². The molecule has 3 aliphatic carbocycles. The average molecular weight is 919 g/mol. The van der Waals surface area contributed by atoms with Gasteiger partial charge in [-0.3, -0.25) is 0 Å². The topological polar surface area (TPSA) is 6.48 Å². The molecule has 0 heterocycles. The van der Waals surface area contributed by atoms with Crippen LogP contribution >= 0.6 is 0 Å². The molecule has 0 saturated carbocycles. The van der Waals surface area contributed by atoms with E-state index >= 15 is 0 Å². The third-order valence-corrected chi connectivity index (χ3v) is 15.9. The van der Waals surface area contributed by atoms with Crippen LogP contribution in [0, 0.1) is 0 Å². The molecule has 0 radical (unpaired) electrons. The molecule has 3 aliphatic rings. The molecule has 1 unspecified atom stereocenters. The van der Waals surface area contributed by atoms with Crippen LogP contribution < -0.4 is 9.80 Å². The average Bonchev–Trinajstić information content (AvgIpc) is 4.00. The molecule has 14 rings (SSSR count). The van der Waals surface area contributed by atoms with E-state index in [0.717, 1.165) is 34.1 Å². The Hall–Kier alpha value is -8.98. The molecule has 1 atom stereocenters. The zero-order valence-corrected chi connectivity index (χ0v) is 40.3. The van der Waals surface area contributed by atoms with E-state index in [1.807, 2.05) is 0 Å². The summed E-state index contributed by atoms with van der Waals surface area (Å²) in [4.78, 5) is 4.94. The molecule has 0 fully saturated rings. The van der Waals surface area contributed by atoms with Gasteiger partial charge in [-0.25, -0.2) is 0 Å². The molecule has 2 nitrogen and oxygen atoms in total. The number of anilines is 6. The van der Waals surface area contributed by atoms with Gasteiger partial charge in [0.05, 0.1) is 11.1 Å². The van der Waals surface area contributed by atoms with Gasteiger partial charge in [0.1, 0.15) is 0 Å². The van der Waals surface area contributed by atoms with E-state index in [2.05, 4.69) is 291 Å². The first kappa shape index (κ1) is 41.9. The molecular formula is C70H50N2. The molecular weight excluding hydrogens is 869 g/mol. The second-order valence-electron chi connectivity index (χ2n) is 20.0. The highest BCUT2D eigenvalue weighted by Gasteiger charge is 2.52. The summed E-state index contributed by atoms with van der Waals surface area (Å²) in [6.07, 6.45) is 0. The van der Waals surface area contributed by atoms with E-state index < -0.39 is 5.41 Å². The van der Waals surface area contributed by atoms with Crippen LogP contribution in [0.1, 0.15) is 47.2 Å². The Balaban J connectivity index is 1.04. The Labute approximate surface area is 422 Å². The maximum Gasteiger partial charge on any atom is 0.0727 e. The SMILES string of the molecule is CC1(C)c2ccccc2-c2ccc(N(c3ccc4c(c3)C3(c5ccccc5-c5ccc(N(c6ccccc6)c6ccccc6)cc53)c3ccccc3-4)c3ccc(-c4ccccc4)cc3-c3ccccc3)cc21. The fourth-order valence-corrected chi connectivity index (χ4v) is 12.6. The summed E-state index contributed by atoms with van der Waals surface area (Å²) in [5.74, 6) is 0. The number of nitrogens with zero attached hydrogens (tertiary/aromatic N) is 2. The zero-order valence-electron chi connectivity index (χ0n) is 40.3. The molecule has 0 aliphatic heterocycles. The van der Waals surface area contributed by atoms with Crippen molar-refractivity contribution >= 4 is 34.1 Å². The van der Waals surface area contributed by atoms with Gasteiger partial charge in [0.25, 0.3) is 0 Å². The summed E-state index contributed by atoms with van der Waals surface area (Å²) in [5.41, 5.74) is 26.3. The lowest BCUT2D eigenvalue weighted by Gasteiger charge is -2.34. The van der Waals surface area contributed by atoms with Gasteiger partial charge in [0, 0.05) is 39.4 Å². The number of benzene rings is 11. The minimum absolute atomic E-state index is 0.182. The van der Waals surface area contributed by atoms with E-state index in [4.69, 9.17) is 0 Å². The fraction of sp³-hybridized carbons (Fsp3) is 0.0571. The molecule has 2 heteroatoms. The molecule has 0 N–H and O–H groups in total. The lowest BCUT2D eigenvalue weighted by Crippen LogP contribution is -2.26. The van der Waals surface area contributed by atoms with Gasteiger partial charge in [0.15, 0.2) is 0 Å². The Morgan fingerprint density at radius 2 is 0.625 bits per heavy atom. The Morgan fingerprint density at radius 1 is 0.236 bits per heavy atom. The van der Waals surface area contributed by atoms with Crippen LogP contribution in [-0.2, 0) is 10.8 Å². The van der Waals surface area contributed by atoms with Crippen LogP contribution in [0.4, 0.5) is 34.1 Å². The fourth-order valence-electron chi connectivity index (χ4n) is 12.6. The highest BCUT2D eigenvalue weighted by molar-refractivity contribution is 5.99. The molecule has 72 heavy (non-hydrogen) atoms. The van der Waals surface area contributed by atoms with Gasteiger partial charge in [-0.2, -0.15) is 0 Å². The number of hydrogen-bond acceptors (Lipinski definition) is 2. The van der Waals surface area contributed by atoms with E-state index in [-0.39, 0.29) is 5.41 Å². The van der Waals surface area contributed by atoms with E-state index in [9.17, 15) is 0 Å². The van der Waals surface area contributed by atoms with Crippen LogP contribution in [0.3, 0.4) is 0 Å². The molecule has 0 amide bonds. The smallest absolute Gasteiger partial charge is 0.0727 e. The van der Waals surface area contributed by atoms with Crippen LogP contribution in [0.2, 0.25) is 0 Å². The zero-order chi connectivity index (χ0) is 48.0. The normalized spacial score (nSPS) is 15.0. The lowest BCUT2D eigenvalue weighted by atomic mass is 9.70. The van der Waals surface area contributed by atoms with Gasteiger partial charge in [0.2, 0.25) is 0 Å².